The lowest BCUT2D eigenvalue weighted by Crippen LogP contribution is -2.01. The van der Waals surface area contributed by atoms with Gasteiger partial charge in [-0.25, -0.2) is 49.8 Å². The maximum atomic E-state index is 5.10. The van der Waals surface area contributed by atoms with E-state index in [4.69, 9.17) is 49.8 Å². The summed E-state index contributed by atoms with van der Waals surface area (Å²) in [6.07, 6.45) is 0. The SMILES string of the molecule is CC(C)c1nc(-c2ccc(-c3ccccc3)cc2)c2cc3ccccc3cc2n1.CC(C)c1nc(-c2cccc(-c3ccccc3)c2)c2cc3ccccc3cc2n1.CC(C)c1nc(-c2ccccc2)c2cc3ccccc3cc2n1.CC(C)c1nc(-c2ccccc2-c2ccccc2)c2c(ccc3ccccc32)n1.CC(C)c1nc(-c2ccccc2-c2ccccc2)c2cc3ccccc3cc2n1. The molecule has 19 aromatic carbocycles. The number of rotatable bonds is 14. The third-order valence-electron chi connectivity index (χ3n) is 25.6. The predicted molar refractivity (Wildman–Crippen MR) is 585 cm³/mol. The van der Waals surface area contributed by atoms with Crippen LogP contribution in [0.15, 0.2) is 431 Å². The third-order valence-corrected chi connectivity index (χ3v) is 25.6. The zero-order valence-corrected chi connectivity index (χ0v) is 79.9. The summed E-state index contributed by atoms with van der Waals surface area (Å²) >= 11 is 0. The van der Waals surface area contributed by atoms with Gasteiger partial charge in [-0.05, 0) is 159 Å². The molecule has 0 N–H and O–H groups in total. The quantitative estimate of drug-likeness (QED) is 0.0766. The minimum atomic E-state index is 0.258. The fraction of sp³-hybridized carbons (Fsp3) is 0.116. The van der Waals surface area contributed by atoms with Gasteiger partial charge in [0.05, 0.1) is 56.1 Å². The van der Waals surface area contributed by atoms with Crippen LogP contribution in [0.1, 0.15) is 128 Å². The van der Waals surface area contributed by atoms with Crippen LogP contribution in [0.2, 0.25) is 0 Å². The fourth-order valence-corrected chi connectivity index (χ4v) is 18.2. The van der Waals surface area contributed by atoms with Crippen molar-refractivity contribution in [2.24, 2.45) is 0 Å². The molecular formula is C129H106N10. The van der Waals surface area contributed by atoms with Gasteiger partial charge in [-0.3, -0.25) is 0 Å². The lowest BCUT2D eigenvalue weighted by molar-refractivity contribution is 0.785. The van der Waals surface area contributed by atoms with Crippen molar-refractivity contribution in [1.82, 2.24) is 49.8 Å². The highest BCUT2D eigenvalue weighted by molar-refractivity contribution is 6.14. The Morgan fingerprint density at radius 3 is 0.763 bits per heavy atom. The molecule has 24 aromatic rings. The zero-order chi connectivity index (χ0) is 95.0. The summed E-state index contributed by atoms with van der Waals surface area (Å²) in [7, 11) is 0. The Kier molecular flexibility index (Phi) is 26.2. The number of aromatic nitrogens is 10. The summed E-state index contributed by atoms with van der Waals surface area (Å²) in [6, 6.07) is 151. The molecule has 672 valence electrons. The highest BCUT2D eigenvalue weighted by Crippen LogP contribution is 2.43. The number of hydrogen-bond donors (Lipinski definition) is 0. The van der Waals surface area contributed by atoms with E-state index in [1.165, 1.54) is 98.4 Å². The minimum Gasteiger partial charge on any atom is -0.233 e. The summed E-state index contributed by atoms with van der Waals surface area (Å²) in [4.78, 5) is 49.3. The monoisotopic (exact) mass is 1790 g/mol. The highest BCUT2D eigenvalue weighted by Gasteiger charge is 2.23. The summed E-state index contributed by atoms with van der Waals surface area (Å²) in [5.41, 5.74) is 25.3. The van der Waals surface area contributed by atoms with Gasteiger partial charge in [-0.15, -0.1) is 0 Å². The van der Waals surface area contributed by atoms with Crippen LogP contribution in [-0.2, 0) is 0 Å². The lowest BCUT2D eigenvalue weighted by Gasteiger charge is -2.16. The first kappa shape index (κ1) is 90.0. The van der Waals surface area contributed by atoms with Crippen LogP contribution < -0.4 is 0 Å². The van der Waals surface area contributed by atoms with Crippen molar-refractivity contribution in [2.75, 3.05) is 0 Å². The number of fused-ring (bicyclic) bond motifs is 11. The lowest BCUT2D eigenvalue weighted by atomic mass is 9.93. The van der Waals surface area contributed by atoms with Gasteiger partial charge < -0.3 is 0 Å². The van der Waals surface area contributed by atoms with Crippen molar-refractivity contribution in [1.29, 1.82) is 0 Å². The topological polar surface area (TPSA) is 129 Å². The van der Waals surface area contributed by atoms with Crippen molar-refractivity contribution in [3.63, 3.8) is 0 Å². The molecule has 0 bridgehead atoms. The van der Waals surface area contributed by atoms with Crippen molar-refractivity contribution in [3.05, 3.63) is 460 Å². The first-order chi connectivity index (χ1) is 68.0. The predicted octanol–water partition coefficient (Wildman–Crippen LogP) is 34.5. The molecule has 5 aromatic heterocycles. The van der Waals surface area contributed by atoms with Crippen LogP contribution in [-0.4, -0.2) is 49.8 Å². The first-order valence-corrected chi connectivity index (χ1v) is 48.2. The van der Waals surface area contributed by atoms with E-state index in [0.717, 1.165) is 140 Å². The second-order valence-corrected chi connectivity index (χ2v) is 37.1. The highest BCUT2D eigenvalue weighted by atomic mass is 14.9. The summed E-state index contributed by atoms with van der Waals surface area (Å²) in [5.74, 6) is 5.77. The number of hydrogen-bond acceptors (Lipinski definition) is 10. The molecule has 0 aliphatic heterocycles. The molecule has 0 aliphatic rings. The van der Waals surface area contributed by atoms with Gasteiger partial charge in [-0.1, -0.05) is 439 Å². The largest absolute Gasteiger partial charge is 0.233 e. The van der Waals surface area contributed by atoms with Gasteiger partial charge in [0.1, 0.15) is 29.1 Å². The molecule has 0 unspecified atom stereocenters. The molecule has 5 heterocycles. The smallest absolute Gasteiger partial charge is 0.132 e. The second-order valence-electron chi connectivity index (χ2n) is 37.1. The fourth-order valence-electron chi connectivity index (χ4n) is 18.2. The van der Waals surface area contributed by atoms with Gasteiger partial charge >= 0.3 is 0 Å². The molecule has 0 radical (unpaired) electrons. The van der Waals surface area contributed by atoms with Gasteiger partial charge in [0.15, 0.2) is 0 Å². The van der Waals surface area contributed by atoms with Gasteiger partial charge in [0.25, 0.3) is 0 Å². The Bertz CT molecular complexity index is 8560. The molecule has 0 amide bonds. The van der Waals surface area contributed by atoms with E-state index in [-0.39, 0.29) is 23.7 Å². The molecule has 0 aliphatic carbocycles. The van der Waals surface area contributed by atoms with Crippen LogP contribution >= 0.6 is 0 Å². The Labute approximate surface area is 812 Å². The average Bonchev–Trinajstić information content (AvgIpc) is 0.820. The zero-order valence-electron chi connectivity index (χ0n) is 79.9. The van der Waals surface area contributed by atoms with E-state index >= 15 is 0 Å². The van der Waals surface area contributed by atoms with Gasteiger partial charge in [0.2, 0.25) is 0 Å². The summed E-state index contributed by atoms with van der Waals surface area (Å²) in [6.45, 7) is 21.4. The van der Waals surface area contributed by atoms with Crippen molar-refractivity contribution in [3.8, 4) is 101 Å². The standard InChI is InChI=1S/4C27H22N2.C21H18N2/c1-18(2)27-28-24-17-16-20-12-6-7-14-22(20)25(24)26(29-27)23-15-9-8-13-21(23)19-10-4-3-5-11-19;1-18(2)27-28-25-17-21-13-7-6-12-20(21)16-24(25)26(29-27)23-15-9-8-14-22(23)19-10-4-3-5-11-19;1-18(2)27-28-25-17-22-12-7-6-11-21(22)16-24(25)26(29-27)23-14-8-13-20(15-23)19-9-4-3-5-10-19;1-18(2)27-28-25-17-23-11-7-6-10-22(23)16-24(25)26(29-27)21-14-12-20(13-15-21)19-8-4-3-5-9-19;1-14(2)21-22-19-13-17-11-7-6-10-16(17)12-18(19)20(23-21)15-8-4-3-5-9-15/h4*3-18H,1-2H3;3-14H,1-2H3. The van der Waals surface area contributed by atoms with E-state index in [1.54, 1.807) is 0 Å². The Balaban J connectivity index is 0.000000107. The van der Waals surface area contributed by atoms with E-state index in [2.05, 4.69) is 482 Å². The molecule has 24 rings (SSSR count). The maximum Gasteiger partial charge on any atom is 0.132 e. The molecule has 10 nitrogen and oxygen atoms in total. The van der Waals surface area contributed by atoms with Crippen LogP contribution in [0, 0.1) is 0 Å². The Morgan fingerprint density at radius 2 is 0.381 bits per heavy atom. The Hall–Kier alpha value is -16.8. The molecular weight excluding hydrogens is 1690 g/mol. The van der Waals surface area contributed by atoms with Crippen molar-refractivity contribution >= 4 is 108 Å². The van der Waals surface area contributed by atoms with E-state index in [1.807, 2.05) is 18.2 Å². The molecule has 0 spiro atoms. The maximum absolute atomic E-state index is 5.10. The Morgan fingerprint density at radius 1 is 0.137 bits per heavy atom. The molecule has 0 fully saturated rings. The van der Waals surface area contributed by atoms with Gasteiger partial charge in [-0.2, -0.15) is 0 Å². The number of benzene rings is 19. The minimum absolute atomic E-state index is 0.258. The average molecular weight is 1800 g/mol. The molecule has 0 saturated heterocycles. The third kappa shape index (κ3) is 19.5. The first-order valence-electron chi connectivity index (χ1n) is 48.2. The van der Waals surface area contributed by atoms with Crippen molar-refractivity contribution < 1.29 is 0 Å². The van der Waals surface area contributed by atoms with E-state index in [9.17, 15) is 0 Å². The normalized spacial score (nSPS) is 11.4. The molecule has 0 saturated carbocycles. The summed E-state index contributed by atoms with van der Waals surface area (Å²) in [5, 5.41) is 17.6. The molecule has 10 heteroatoms. The second kappa shape index (κ2) is 40.4. The van der Waals surface area contributed by atoms with E-state index < -0.39 is 0 Å². The van der Waals surface area contributed by atoms with E-state index in [0.29, 0.717) is 5.92 Å². The van der Waals surface area contributed by atoms with Crippen LogP contribution in [0.25, 0.3) is 209 Å². The number of nitrogens with zero attached hydrogens (tertiary/aromatic N) is 10. The van der Waals surface area contributed by atoms with Crippen LogP contribution in [0.3, 0.4) is 0 Å². The van der Waals surface area contributed by atoms with Crippen LogP contribution in [0.5, 0.6) is 0 Å². The van der Waals surface area contributed by atoms with Crippen molar-refractivity contribution in [2.45, 2.75) is 98.8 Å². The molecule has 0 atom stereocenters. The van der Waals surface area contributed by atoms with Gasteiger partial charge in [0, 0.05) is 84.3 Å². The summed E-state index contributed by atoms with van der Waals surface area (Å²) < 4.78 is 0. The molecule has 139 heavy (non-hydrogen) atoms. The van der Waals surface area contributed by atoms with Crippen LogP contribution in [0.4, 0.5) is 0 Å².